The monoisotopic (exact) mass is 283 g/mol. The summed E-state index contributed by atoms with van der Waals surface area (Å²) in [5.41, 5.74) is 1.94. The first-order valence-electron chi connectivity index (χ1n) is 6.91. The molecule has 5 heteroatoms. The Bertz CT molecular complexity index is 676. The molecule has 5 nitrogen and oxygen atoms in total. The maximum absolute atomic E-state index is 12.0. The van der Waals surface area contributed by atoms with Crippen molar-refractivity contribution < 1.29 is 9.53 Å². The van der Waals surface area contributed by atoms with Crippen LogP contribution in [0.2, 0.25) is 0 Å². The number of rotatable bonds is 3. The molecule has 1 N–H and O–H groups in total. The van der Waals surface area contributed by atoms with Gasteiger partial charge >= 0.3 is 0 Å². The summed E-state index contributed by atoms with van der Waals surface area (Å²) in [7, 11) is 1.84. The summed E-state index contributed by atoms with van der Waals surface area (Å²) < 4.78 is 7.29. The fourth-order valence-corrected chi connectivity index (χ4v) is 2.41. The lowest BCUT2D eigenvalue weighted by molar-refractivity contribution is -0.117. The maximum Gasteiger partial charge on any atom is 0.244 e. The first-order valence-corrected chi connectivity index (χ1v) is 6.91. The molecule has 0 bridgehead atoms. The minimum atomic E-state index is -0.111. The molecular formula is C16H17N3O2. The van der Waals surface area contributed by atoms with Crippen LogP contribution in [0, 0.1) is 0 Å². The fourth-order valence-electron chi connectivity index (χ4n) is 2.41. The van der Waals surface area contributed by atoms with Gasteiger partial charge in [0.2, 0.25) is 5.91 Å². The van der Waals surface area contributed by atoms with E-state index in [-0.39, 0.29) is 11.9 Å². The Morgan fingerprint density at radius 3 is 3.14 bits per heavy atom. The Morgan fingerprint density at radius 1 is 1.48 bits per heavy atom. The van der Waals surface area contributed by atoms with Crippen molar-refractivity contribution in [3.8, 4) is 5.75 Å². The van der Waals surface area contributed by atoms with Gasteiger partial charge < -0.3 is 10.1 Å². The number of fused-ring (bicyclic) bond motifs is 1. The van der Waals surface area contributed by atoms with Crippen LogP contribution < -0.4 is 10.1 Å². The van der Waals surface area contributed by atoms with E-state index >= 15 is 0 Å². The number of benzene rings is 1. The van der Waals surface area contributed by atoms with E-state index in [1.165, 1.54) is 6.08 Å². The predicted molar refractivity (Wildman–Crippen MR) is 79.7 cm³/mol. The van der Waals surface area contributed by atoms with Crippen LogP contribution in [0.15, 0.2) is 42.7 Å². The van der Waals surface area contributed by atoms with Crippen molar-refractivity contribution >= 4 is 12.0 Å². The van der Waals surface area contributed by atoms with Crippen molar-refractivity contribution in [2.75, 3.05) is 6.61 Å². The third-order valence-electron chi connectivity index (χ3n) is 3.43. The first-order chi connectivity index (χ1) is 10.2. The lowest BCUT2D eigenvalue weighted by atomic mass is 10.0. The Kier molecular flexibility index (Phi) is 3.73. The van der Waals surface area contributed by atoms with Gasteiger partial charge in [0, 0.05) is 36.9 Å². The smallest absolute Gasteiger partial charge is 0.244 e. The van der Waals surface area contributed by atoms with Crippen molar-refractivity contribution in [3.63, 3.8) is 0 Å². The molecule has 21 heavy (non-hydrogen) atoms. The number of hydrogen-bond acceptors (Lipinski definition) is 3. The number of nitrogens with one attached hydrogen (secondary N) is 1. The second-order valence-electron chi connectivity index (χ2n) is 5.02. The molecule has 0 spiro atoms. The van der Waals surface area contributed by atoms with Gasteiger partial charge in [-0.2, -0.15) is 5.10 Å². The molecule has 1 aromatic heterocycles. The summed E-state index contributed by atoms with van der Waals surface area (Å²) >= 11 is 0. The van der Waals surface area contributed by atoms with Crippen molar-refractivity contribution in [2.45, 2.75) is 12.5 Å². The van der Waals surface area contributed by atoms with E-state index in [0.29, 0.717) is 6.61 Å². The molecule has 1 aliphatic rings. The molecule has 0 saturated heterocycles. The lowest BCUT2D eigenvalue weighted by Crippen LogP contribution is -2.30. The molecule has 108 valence electrons. The van der Waals surface area contributed by atoms with E-state index in [0.717, 1.165) is 23.3 Å². The van der Waals surface area contributed by atoms with Crippen LogP contribution in [0.25, 0.3) is 6.08 Å². The Morgan fingerprint density at radius 2 is 2.33 bits per heavy atom. The van der Waals surface area contributed by atoms with Crippen molar-refractivity contribution in [2.24, 2.45) is 7.05 Å². The number of nitrogens with zero attached hydrogens (tertiary/aromatic N) is 2. The number of carbonyl (C=O) groups excluding carboxylic acids is 1. The van der Waals surface area contributed by atoms with Gasteiger partial charge in [0.1, 0.15) is 5.75 Å². The standard InChI is InChI=1S/C16H17N3O2/c1-19-11-12(10-17-19)6-7-16(20)18-14-8-9-21-15-5-3-2-4-13(14)15/h2-7,10-11,14H,8-9H2,1H3,(H,18,20)/b7-6+. The zero-order valence-corrected chi connectivity index (χ0v) is 11.8. The fraction of sp³-hybridized carbons (Fsp3) is 0.250. The van der Waals surface area contributed by atoms with Crippen molar-refractivity contribution in [1.29, 1.82) is 0 Å². The molecule has 2 heterocycles. The molecule has 0 fully saturated rings. The molecule has 1 aromatic carbocycles. The van der Waals surface area contributed by atoms with Gasteiger partial charge in [0.05, 0.1) is 18.8 Å². The number of aryl methyl sites for hydroxylation is 1. The van der Waals surface area contributed by atoms with Crippen LogP contribution >= 0.6 is 0 Å². The largest absolute Gasteiger partial charge is 0.493 e. The van der Waals surface area contributed by atoms with Crippen LogP contribution in [-0.4, -0.2) is 22.3 Å². The SMILES string of the molecule is Cn1cc(/C=C/C(=O)NC2CCOc3ccccc32)cn1. The number of para-hydroxylation sites is 1. The van der Waals surface area contributed by atoms with E-state index < -0.39 is 0 Å². The molecule has 0 radical (unpaired) electrons. The van der Waals surface area contributed by atoms with Crippen LogP contribution in [0.3, 0.4) is 0 Å². The first kappa shape index (κ1) is 13.4. The van der Waals surface area contributed by atoms with E-state index in [9.17, 15) is 4.79 Å². The zero-order valence-electron chi connectivity index (χ0n) is 11.8. The number of amides is 1. The van der Waals surface area contributed by atoms with E-state index in [4.69, 9.17) is 4.74 Å². The van der Waals surface area contributed by atoms with Crippen LogP contribution in [0.4, 0.5) is 0 Å². The average molecular weight is 283 g/mol. The second-order valence-corrected chi connectivity index (χ2v) is 5.02. The molecule has 0 aliphatic carbocycles. The minimum absolute atomic E-state index is 0.000924. The normalized spacial score (nSPS) is 17.3. The number of carbonyl (C=O) groups is 1. The third kappa shape index (κ3) is 3.13. The van der Waals surface area contributed by atoms with Gasteiger partial charge in [-0.05, 0) is 12.1 Å². The molecule has 1 atom stereocenters. The number of hydrogen-bond donors (Lipinski definition) is 1. The summed E-state index contributed by atoms with van der Waals surface area (Å²) in [6.07, 6.45) is 7.65. The molecule has 2 aromatic rings. The number of aromatic nitrogens is 2. The molecule has 0 saturated carbocycles. The van der Waals surface area contributed by atoms with Crippen molar-refractivity contribution in [3.05, 3.63) is 53.9 Å². The van der Waals surface area contributed by atoms with Crippen LogP contribution in [0.1, 0.15) is 23.6 Å². The van der Waals surface area contributed by atoms with E-state index in [2.05, 4.69) is 10.4 Å². The van der Waals surface area contributed by atoms with Gasteiger partial charge in [-0.1, -0.05) is 18.2 Å². The Hall–Kier alpha value is -2.56. The highest BCUT2D eigenvalue weighted by Crippen LogP contribution is 2.31. The summed E-state index contributed by atoms with van der Waals surface area (Å²) in [5.74, 6) is 0.742. The zero-order chi connectivity index (χ0) is 14.7. The van der Waals surface area contributed by atoms with Gasteiger partial charge in [0.15, 0.2) is 0 Å². The minimum Gasteiger partial charge on any atom is -0.493 e. The molecular weight excluding hydrogens is 266 g/mol. The second kappa shape index (κ2) is 5.83. The molecule has 1 aliphatic heterocycles. The molecule has 1 amide bonds. The quantitative estimate of drug-likeness (QED) is 0.877. The van der Waals surface area contributed by atoms with Gasteiger partial charge in [0.25, 0.3) is 0 Å². The molecule has 1 unspecified atom stereocenters. The highest BCUT2D eigenvalue weighted by Gasteiger charge is 2.21. The topological polar surface area (TPSA) is 56.2 Å². The Balaban J connectivity index is 1.67. The van der Waals surface area contributed by atoms with E-state index in [1.807, 2.05) is 37.5 Å². The van der Waals surface area contributed by atoms with Gasteiger partial charge in [-0.3, -0.25) is 9.48 Å². The van der Waals surface area contributed by atoms with Gasteiger partial charge in [-0.15, -0.1) is 0 Å². The lowest BCUT2D eigenvalue weighted by Gasteiger charge is -2.26. The van der Waals surface area contributed by atoms with Gasteiger partial charge in [-0.25, -0.2) is 0 Å². The van der Waals surface area contributed by atoms with E-state index in [1.54, 1.807) is 17.0 Å². The highest BCUT2D eigenvalue weighted by atomic mass is 16.5. The predicted octanol–water partition coefficient (Wildman–Crippen LogP) is 2.07. The van der Waals surface area contributed by atoms with Crippen LogP contribution in [-0.2, 0) is 11.8 Å². The Labute approximate surface area is 123 Å². The third-order valence-corrected chi connectivity index (χ3v) is 3.43. The maximum atomic E-state index is 12.0. The van der Waals surface area contributed by atoms with Crippen LogP contribution in [0.5, 0.6) is 5.75 Å². The molecule has 3 rings (SSSR count). The summed E-state index contributed by atoms with van der Waals surface area (Å²) in [6, 6.07) is 7.81. The van der Waals surface area contributed by atoms with Crippen molar-refractivity contribution in [1.82, 2.24) is 15.1 Å². The summed E-state index contributed by atoms with van der Waals surface area (Å²) in [4.78, 5) is 12.0. The highest BCUT2D eigenvalue weighted by molar-refractivity contribution is 5.92. The summed E-state index contributed by atoms with van der Waals surface area (Å²) in [5, 5.41) is 7.08. The summed E-state index contributed by atoms with van der Waals surface area (Å²) in [6.45, 7) is 0.619. The number of ether oxygens (including phenoxy) is 1. The average Bonchev–Trinajstić information content (AvgIpc) is 2.91.